The molecule has 0 aliphatic rings. The van der Waals surface area contributed by atoms with Gasteiger partial charge in [-0.1, -0.05) is 49.4 Å². The van der Waals surface area contributed by atoms with Gasteiger partial charge in [-0.2, -0.15) is 0 Å². The summed E-state index contributed by atoms with van der Waals surface area (Å²) in [6.45, 7) is 2.12. The monoisotopic (exact) mass is 329 g/mol. The molecule has 0 saturated heterocycles. The van der Waals surface area contributed by atoms with Crippen LogP contribution in [0.5, 0.6) is 0 Å². The molecule has 1 heterocycles. The van der Waals surface area contributed by atoms with Crippen molar-refractivity contribution in [3.8, 4) is 0 Å². The number of rotatable bonds is 4. The number of hydrogen-bond acceptors (Lipinski definition) is 2. The van der Waals surface area contributed by atoms with Gasteiger partial charge in [0.1, 0.15) is 11.2 Å². The average molecular weight is 329 g/mol. The van der Waals surface area contributed by atoms with Gasteiger partial charge in [0.2, 0.25) is 5.91 Å². The first-order valence-corrected chi connectivity index (χ1v) is 8.52. The second-order valence-electron chi connectivity index (χ2n) is 6.20. The molecule has 0 radical (unpaired) electrons. The molecule has 4 rings (SSSR count). The Morgan fingerprint density at radius 1 is 0.880 bits per heavy atom. The summed E-state index contributed by atoms with van der Waals surface area (Å²) >= 11 is 0. The summed E-state index contributed by atoms with van der Waals surface area (Å²) < 4.78 is 5.87. The van der Waals surface area contributed by atoms with Crippen LogP contribution in [-0.2, 0) is 17.6 Å². The summed E-state index contributed by atoms with van der Waals surface area (Å²) in [5, 5.41) is 5.10. The lowest BCUT2D eigenvalue weighted by Crippen LogP contribution is -2.14. The van der Waals surface area contributed by atoms with E-state index in [-0.39, 0.29) is 5.91 Å². The Morgan fingerprint density at radius 2 is 1.60 bits per heavy atom. The Morgan fingerprint density at radius 3 is 2.40 bits per heavy atom. The zero-order valence-corrected chi connectivity index (χ0v) is 14.1. The first-order valence-electron chi connectivity index (χ1n) is 8.52. The van der Waals surface area contributed by atoms with Crippen LogP contribution in [0, 0.1) is 0 Å². The number of fused-ring (bicyclic) bond motifs is 3. The summed E-state index contributed by atoms with van der Waals surface area (Å²) in [5.41, 5.74) is 4.68. The Kier molecular flexibility index (Phi) is 3.98. The van der Waals surface area contributed by atoms with E-state index in [4.69, 9.17) is 4.42 Å². The molecule has 0 spiro atoms. The molecule has 124 valence electrons. The Labute approximate surface area is 146 Å². The standard InChI is InChI=1S/C22H19NO2/c1-2-15-7-9-16(10-8-15)13-22(24)23-17-11-12-19-18-5-3-4-6-20(18)25-21(19)14-17/h3-12,14H,2,13H2,1H3,(H,23,24). The SMILES string of the molecule is CCc1ccc(CC(=O)Nc2ccc3c(c2)oc2ccccc23)cc1. The number of para-hydroxylation sites is 1. The van der Waals surface area contributed by atoms with Crippen molar-refractivity contribution in [1.82, 2.24) is 0 Å². The van der Waals surface area contributed by atoms with Gasteiger partial charge in [0.25, 0.3) is 0 Å². The third-order valence-electron chi connectivity index (χ3n) is 4.46. The molecular weight excluding hydrogens is 310 g/mol. The maximum Gasteiger partial charge on any atom is 0.228 e. The minimum absolute atomic E-state index is 0.0280. The predicted molar refractivity (Wildman–Crippen MR) is 102 cm³/mol. The topological polar surface area (TPSA) is 42.2 Å². The van der Waals surface area contributed by atoms with Crippen LogP contribution in [0.1, 0.15) is 18.1 Å². The second kappa shape index (κ2) is 6.44. The Balaban J connectivity index is 1.53. The summed E-state index contributed by atoms with van der Waals surface area (Å²) in [7, 11) is 0. The molecule has 0 aliphatic carbocycles. The van der Waals surface area contributed by atoms with Gasteiger partial charge in [-0.25, -0.2) is 0 Å². The Bertz CT molecular complexity index is 1040. The van der Waals surface area contributed by atoms with Crippen molar-refractivity contribution in [2.75, 3.05) is 5.32 Å². The molecule has 1 amide bonds. The quantitative estimate of drug-likeness (QED) is 0.550. The minimum Gasteiger partial charge on any atom is -0.456 e. The molecule has 0 fully saturated rings. The number of aryl methyl sites for hydroxylation is 1. The molecule has 0 saturated carbocycles. The zero-order chi connectivity index (χ0) is 17.2. The number of amides is 1. The van der Waals surface area contributed by atoms with Gasteiger partial charge in [0.15, 0.2) is 0 Å². The van der Waals surface area contributed by atoms with E-state index in [1.54, 1.807) is 0 Å². The van der Waals surface area contributed by atoms with E-state index in [1.165, 1.54) is 5.56 Å². The van der Waals surface area contributed by atoms with Gasteiger partial charge in [-0.15, -0.1) is 0 Å². The molecule has 25 heavy (non-hydrogen) atoms. The number of hydrogen-bond donors (Lipinski definition) is 1. The molecule has 3 heteroatoms. The first kappa shape index (κ1) is 15.5. The van der Waals surface area contributed by atoms with Crippen LogP contribution in [0.2, 0.25) is 0 Å². The highest BCUT2D eigenvalue weighted by Gasteiger charge is 2.09. The van der Waals surface area contributed by atoms with Crippen LogP contribution >= 0.6 is 0 Å². The molecule has 0 aliphatic heterocycles. The third kappa shape index (κ3) is 3.13. The molecule has 4 aromatic rings. The Hall–Kier alpha value is -3.07. The van der Waals surface area contributed by atoms with E-state index in [9.17, 15) is 4.79 Å². The van der Waals surface area contributed by atoms with E-state index in [0.29, 0.717) is 6.42 Å². The first-order chi connectivity index (χ1) is 12.2. The van der Waals surface area contributed by atoms with E-state index < -0.39 is 0 Å². The molecule has 3 nitrogen and oxygen atoms in total. The lowest BCUT2D eigenvalue weighted by Gasteiger charge is -2.06. The number of furan rings is 1. The summed E-state index contributed by atoms with van der Waals surface area (Å²) in [6, 6.07) is 21.9. The number of nitrogens with one attached hydrogen (secondary N) is 1. The molecule has 0 unspecified atom stereocenters. The highest BCUT2D eigenvalue weighted by Crippen LogP contribution is 2.30. The largest absolute Gasteiger partial charge is 0.456 e. The summed E-state index contributed by atoms with van der Waals surface area (Å²) in [4.78, 5) is 12.3. The average Bonchev–Trinajstić information content (AvgIpc) is 3.00. The fourth-order valence-electron chi connectivity index (χ4n) is 3.09. The van der Waals surface area contributed by atoms with Gasteiger partial charge in [0.05, 0.1) is 6.42 Å². The number of anilines is 1. The number of benzene rings is 3. The van der Waals surface area contributed by atoms with Crippen LogP contribution in [0.25, 0.3) is 21.9 Å². The van der Waals surface area contributed by atoms with Crippen molar-refractivity contribution in [3.63, 3.8) is 0 Å². The molecule has 3 aromatic carbocycles. The van der Waals surface area contributed by atoms with Crippen LogP contribution in [0.3, 0.4) is 0 Å². The minimum atomic E-state index is -0.0280. The third-order valence-corrected chi connectivity index (χ3v) is 4.46. The van der Waals surface area contributed by atoms with Crippen LogP contribution in [0.15, 0.2) is 71.1 Å². The van der Waals surface area contributed by atoms with Gasteiger partial charge in [-0.3, -0.25) is 4.79 Å². The zero-order valence-electron chi connectivity index (χ0n) is 14.1. The van der Waals surface area contributed by atoms with Gasteiger partial charge < -0.3 is 9.73 Å². The van der Waals surface area contributed by atoms with Crippen LogP contribution in [-0.4, -0.2) is 5.91 Å². The van der Waals surface area contributed by atoms with E-state index in [1.807, 2.05) is 54.6 Å². The van der Waals surface area contributed by atoms with E-state index in [0.717, 1.165) is 39.6 Å². The maximum atomic E-state index is 12.3. The lowest BCUT2D eigenvalue weighted by molar-refractivity contribution is -0.115. The highest BCUT2D eigenvalue weighted by atomic mass is 16.3. The highest BCUT2D eigenvalue weighted by molar-refractivity contribution is 6.06. The number of carbonyl (C=O) groups excluding carboxylic acids is 1. The number of carbonyl (C=O) groups is 1. The fourth-order valence-corrected chi connectivity index (χ4v) is 3.09. The fraction of sp³-hybridized carbons (Fsp3) is 0.136. The van der Waals surface area contributed by atoms with Crippen LogP contribution < -0.4 is 5.32 Å². The molecule has 1 aromatic heterocycles. The predicted octanol–water partition coefficient (Wildman–Crippen LogP) is 5.33. The molecule has 1 N–H and O–H groups in total. The van der Waals surface area contributed by atoms with Crippen LogP contribution in [0.4, 0.5) is 5.69 Å². The molecular formula is C22H19NO2. The van der Waals surface area contributed by atoms with Crippen molar-refractivity contribution in [3.05, 3.63) is 77.9 Å². The van der Waals surface area contributed by atoms with Crippen molar-refractivity contribution in [1.29, 1.82) is 0 Å². The molecule has 0 atom stereocenters. The van der Waals surface area contributed by atoms with Crippen molar-refractivity contribution in [2.45, 2.75) is 19.8 Å². The van der Waals surface area contributed by atoms with Gasteiger partial charge >= 0.3 is 0 Å². The van der Waals surface area contributed by atoms with Crippen molar-refractivity contribution in [2.24, 2.45) is 0 Å². The smallest absolute Gasteiger partial charge is 0.228 e. The van der Waals surface area contributed by atoms with E-state index in [2.05, 4.69) is 24.4 Å². The normalized spacial score (nSPS) is 11.1. The second-order valence-corrected chi connectivity index (χ2v) is 6.20. The summed E-state index contributed by atoms with van der Waals surface area (Å²) in [6.07, 6.45) is 1.37. The van der Waals surface area contributed by atoms with E-state index >= 15 is 0 Å². The van der Waals surface area contributed by atoms with Gasteiger partial charge in [0, 0.05) is 22.5 Å². The maximum absolute atomic E-state index is 12.3. The van der Waals surface area contributed by atoms with Crippen molar-refractivity contribution >= 4 is 33.5 Å². The van der Waals surface area contributed by atoms with Gasteiger partial charge in [-0.05, 0) is 35.7 Å². The lowest BCUT2D eigenvalue weighted by atomic mass is 10.1. The van der Waals surface area contributed by atoms with Crippen molar-refractivity contribution < 1.29 is 9.21 Å². The molecule has 0 bridgehead atoms. The summed E-state index contributed by atoms with van der Waals surface area (Å²) in [5.74, 6) is -0.0280.